The molecule has 0 aliphatic heterocycles. The van der Waals surface area contributed by atoms with Crippen molar-refractivity contribution in [2.75, 3.05) is 16.9 Å². The number of fused-ring (bicyclic) bond motifs is 1. The van der Waals surface area contributed by atoms with E-state index in [4.69, 9.17) is 5.73 Å². The highest BCUT2D eigenvalue weighted by Gasteiger charge is 2.26. The Hall–Kier alpha value is -3.52. The van der Waals surface area contributed by atoms with E-state index in [1.54, 1.807) is 17.1 Å². The molecule has 2 amide bonds. The van der Waals surface area contributed by atoms with Gasteiger partial charge in [-0.1, -0.05) is 12.5 Å². The van der Waals surface area contributed by atoms with Crippen molar-refractivity contribution < 1.29 is 14.0 Å². The minimum Gasteiger partial charge on any atom is -0.369 e. The van der Waals surface area contributed by atoms with Gasteiger partial charge in [-0.25, -0.2) is 9.40 Å². The topological polar surface area (TPSA) is 99.8 Å². The van der Waals surface area contributed by atoms with E-state index in [1.807, 2.05) is 18.2 Å². The van der Waals surface area contributed by atoms with Crippen molar-refractivity contribution in [3.63, 3.8) is 0 Å². The van der Waals surface area contributed by atoms with Gasteiger partial charge >= 0.3 is 0 Å². The number of hydrogen-bond acceptors (Lipinski definition) is 5. The summed E-state index contributed by atoms with van der Waals surface area (Å²) in [6, 6.07) is 12.0. The monoisotopic (exact) mass is 449 g/mol. The van der Waals surface area contributed by atoms with Crippen LogP contribution < -0.4 is 21.4 Å². The van der Waals surface area contributed by atoms with E-state index in [2.05, 4.69) is 22.5 Å². The Kier molecular flexibility index (Phi) is 6.84. The van der Waals surface area contributed by atoms with Crippen molar-refractivity contribution >= 4 is 35.6 Å². The number of anilines is 2. The normalized spacial score (nSPS) is 15.4. The third kappa shape index (κ3) is 5.28. The molecule has 0 heterocycles. The Morgan fingerprint density at radius 3 is 2.55 bits per heavy atom. The van der Waals surface area contributed by atoms with Gasteiger partial charge in [-0.05, 0) is 73.2 Å². The van der Waals surface area contributed by atoms with Crippen LogP contribution in [0.1, 0.15) is 43.2 Å². The van der Waals surface area contributed by atoms with Crippen molar-refractivity contribution in [1.82, 2.24) is 5.32 Å². The Morgan fingerprint density at radius 2 is 1.91 bits per heavy atom. The van der Waals surface area contributed by atoms with Crippen LogP contribution in [0.25, 0.3) is 5.70 Å². The molecule has 2 aliphatic carbocycles. The number of primary amides is 1. The summed E-state index contributed by atoms with van der Waals surface area (Å²) in [6.45, 7) is 3.96. The smallest absolute Gasteiger partial charge is 0.238 e. The number of carbonyl (C=O) groups excluding carboxylic acids is 2. The van der Waals surface area contributed by atoms with E-state index < -0.39 is 5.91 Å². The quantitative estimate of drug-likeness (QED) is 0.403. The summed E-state index contributed by atoms with van der Waals surface area (Å²) >= 11 is 0. The van der Waals surface area contributed by atoms with Crippen molar-refractivity contribution in [2.45, 2.75) is 44.6 Å². The average molecular weight is 450 g/mol. The lowest BCUT2D eigenvalue weighted by Gasteiger charge is -2.30. The summed E-state index contributed by atoms with van der Waals surface area (Å²) < 4.78 is 13.5. The molecule has 0 saturated heterocycles. The summed E-state index contributed by atoms with van der Waals surface area (Å²) in [5, 5.41) is 12.0. The maximum Gasteiger partial charge on any atom is 0.238 e. The number of halogens is 1. The maximum absolute atomic E-state index is 13.5. The number of hydrazone groups is 1. The predicted octanol–water partition coefficient (Wildman–Crippen LogP) is 3.56. The van der Waals surface area contributed by atoms with E-state index in [-0.39, 0.29) is 24.7 Å². The first kappa shape index (κ1) is 22.7. The Balaban J connectivity index is 1.67. The number of benzene rings is 2. The molecule has 0 atom stereocenters. The Bertz CT molecular complexity index is 1090. The second-order valence-electron chi connectivity index (χ2n) is 8.45. The van der Waals surface area contributed by atoms with E-state index in [0.29, 0.717) is 29.5 Å². The fraction of sp³-hybridized carbons (Fsp3) is 0.320. The molecule has 4 N–H and O–H groups in total. The molecule has 33 heavy (non-hydrogen) atoms. The van der Waals surface area contributed by atoms with Gasteiger partial charge in [-0.2, -0.15) is 5.10 Å². The molecular formula is C25H28FN5O2. The van der Waals surface area contributed by atoms with Crippen LogP contribution >= 0.6 is 0 Å². The molecule has 1 saturated carbocycles. The number of hydrogen-bond donors (Lipinski definition) is 3. The first-order valence-corrected chi connectivity index (χ1v) is 11.1. The lowest BCUT2D eigenvalue weighted by Crippen LogP contribution is -2.40. The summed E-state index contributed by atoms with van der Waals surface area (Å²) in [4.78, 5) is 24.2. The number of nitrogens with zero attached hydrogens (tertiary/aromatic N) is 2. The molecule has 2 aromatic rings. The number of amides is 2. The molecule has 0 radical (unpaired) electrons. The van der Waals surface area contributed by atoms with Gasteiger partial charge in [-0.15, -0.1) is 0 Å². The zero-order chi connectivity index (χ0) is 23.4. The van der Waals surface area contributed by atoms with Crippen LogP contribution in [0.2, 0.25) is 0 Å². The SMILES string of the molecule is C=NN(C1=C(CC(N)=O)CCc2ccc(NC(=O)CNC3CCC3)cc21)c1ccc(F)cc1. The van der Waals surface area contributed by atoms with Crippen molar-refractivity contribution in [3.8, 4) is 0 Å². The molecular weight excluding hydrogens is 421 g/mol. The third-order valence-electron chi connectivity index (χ3n) is 6.15. The number of rotatable bonds is 9. The Labute approximate surface area is 192 Å². The zero-order valence-corrected chi connectivity index (χ0v) is 18.4. The number of aryl methyl sites for hydroxylation is 1. The highest BCUT2D eigenvalue weighted by molar-refractivity contribution is 5.94. The summed E-state index contributed by atoms with van der Waals surface area (Å²) in [7, 11) is 0. The molecule has 7 nitrogen and oxygen atoms in total. The van der Waals surface area contributed by atoms with E-state index in [9.17, 15) is 14.0 Å². The standard InChI is InChI=1S/C25H28FN5O2/c1-28-31(21-11-8-18(26)9-12-21)25-17(13-23(27)32)6-5-16-7-10-20(14-22(16)25)30-24(33)15-29-19-3-2-4-19/h7-12,14,19,29H,1-6,13,15H2,(H2,27,32)(H,30,33). The van der Waals surface area contributed by atoms with Gasteiger partial charge in [0.05, 0.1) is 17.9 Å². The first-order valence-electron chi connectivity index (χ1n) is 11.1. The summed E-state index contributed by atoms with van der Waals surface area (Å²) in [5.41, 5.74) is 10.2. The maximum atomic E-state index is 13.5. The molecule has 0 spiro atoms. The highest BCUT2D eigenvalue weighted by atomic mass is 19.1. The molecule has 0 bridgehead atoms. The van der Waals surface area contributed by atoms with Gasteiger partial charge in [0.15, 0.2) is 0 Å². The van der Waals surface area contributed by atoms with Crippen LogP contribution in [0.15, 0.2) is 53.1 Å². The first-order chi connectivity index (χ1) is 15.9. The van der Waals surface area contributed by atoms with Crippen LogP contribution in [0, 0.1) is 5.82 Å². The summed E-state index contributed by atoms with van der Waals surface area (Å²) in [6.07, 6.45) is 4.86. The molecule has 2 aliphatic rings. The number of nitrogens with one attached hydrogen (secondary N) is 2. The summed E-state index contributed by atoms with van der Waals surface area (Å²) in [5.74, 6) is -0.919. The second-order valence-corrected chi connectivity index (χ2v) is 8.45. The average Bonchev–Trinajstić information content (AvgIpc) is 2.75. The van der Waals surface area contributed by atoms with Gasteiger partial charge in [-0.3, -0.25) is 9.59 Å². The number of carbonyl (C=O) groups is 2. The molecule has 8 heteroatoms. The second kappa shape index (κ2) is 9.95. The van der Waals surface area contributed by atoms with Crippen LogP contribution in [0.4, 0.5) is 15.8 Å². The van der Waals surface area contributed by atoms with E-state index in [1.165, 1.54) is 18.6 Å². The van der Waals surface area contributed by atoms with Gasteiger partial charge in [0.2, 0.25) is 11.8 Å². The minimum absolute atomic E-state index is 0.0733. The molecule has 0 aromatic heterocycles. The molecule has 2 aromatic carbocycles. The predicted molar refractivity (Wildman–Crippen MR) is 128 cm³/mol. The van der Waals surface area contributed by atoms with Gasteiger partial charge in [0, 0.05) is 30.4 Å². The van der Waals surface area contributed by atoms with Gasteiger partial charge in [0.1, 0.15) is 5.82 Å². The van der Waals surface area contributed by atoms with Crippen molar-refractivity contribution in [3.05, 3.63) is 65.0 Å². The van der Waals surface area contributed by atoms with Crippen LogP contribution in [-0.2, 0) is 16.0 Å². The van der Waals surface area contributed by atoms with Crippen LogP contribution in [-0.4, -0.2) is 31.1 Å². The fourth-order valence-corrected chi connectivity index (χ4v) is 4.25. The molecule has 172 valence electrons. The van der Waals surface area contributed by atoms with E-state index >= 15 is 0 Å². The molecule has 1 fully saturated rings. The Morgan fingerprint density at radius 1 is 1.15 bits per heavy atom. The van der Waals surface area contributed by atoms with Crippen molar-refractivity contribution in [1.29, 1.82) is 0 Å². The number of nitrogens with two attached hydrogens (primary N) is 1. The van der Waals surface area contributed by atoms with E-state index in [0.717, 1.165) is 36.0 Å². The molecule has 4 rings (SSSR count). The largest absolute Gasteiger partial charge is 0.369 e. The third-order valence-corrected chi connectivity index (χ3v) is 6.15. The zero-order valence-electron chi connectivity index (χ0n) is 18.4. The van der Waals surface area contributed by atoms with Crippen LogP contribution in [0.3, 0.4) is 0 Å². The van der Waals surface area contributed by atoms with Crippen LogP contribution in [0.5, 0.6) is 0 Å². The molecule has 0 unspecified atom stereocenters. The lowest BCUT2D eigenvalue weighted by molar-refractivity contribution is -0.117. The highest BCUT2D eigenvalue weighted by Crippen LogP contribution is 2.39. The van der Waals surface area contributed by atoms with Crippen molar-refractivity contribution in [2.24, 2.45) is 10.8 Å². The van der Waals surface area contributed by atoms with Gasteiger partial charge in [0.25, 0.3) is 0 Å². The lowest BCUT2D eigenvalue weighted by atomic mass is 9.87. The van der Waals surface area contributed by atoms with Gasteiger partial charge < -0.3 is 16.4 Å². The minimum atomic E-state index is -0.444. The fourth-order valence-electron chi connectivity index (χ4n) is 4.25.